The van der Waals surface area contributed by atoms with Gasteiger partial charge in [-0.3, -0.25) is 15.3 Å². The van der Waals surface area contributed by atoms with Gasteiger partial charge in [0.1, 0.15) is 11.9 Å². The average molecular weight is 586 g/mol. The van der Waals surface area contributed by atoms with E-state index in [1.807, 2.05) is 6.92 Å². The third-order valence-electron chi connectivity index (χ3n) is 4.90. The molecule has 4 N–H and O–H groups in total. The molecule has 9 nitrogen and oxygen atoms in total. The van der Waals surface area contributed by atoms with Gasteiger partial charge in [0.15, 0.2) is 11.5 Å². The second-order valence-electron chi connectivity index (χ2n) is 7.28. The fraction of sp³-hybridized carbons (Fsp3) is 0.273. The number of benzene rings is 2. The minimum atomic E-state index is -0.798. The molecule has 0 saturated carbocycles. The second-order valence-corrected chi connectivity index (χ2v) is 9.05. The highest BCUT2D eigenvalue weighted by Gasteiger charge is 2.28. The van der Waals surface area contributed by atoms with Crippen LogP contribution in [0.2, 0.25) is 0 Å². The van der Waals surface area contributed by atoms with Crippen LogP contribution in [-0.2, 0) is 9.53 Å². The Labute approximate surface area is 206 Å². The van der Waals surface area contributed by atoms with E-state index in [1.54, 1.807) is 36.4 Å². The number of carbonyl (C=O) groups is 2. The summed E-state index contributed by atoms with van der Waals surface area (Å²) in [5, 5.41) is 21.9. The number of fused-ring (bicyclic) bond motifs is 1. The van der Waals surface area contributed by atoms with E-state index in [1.165, 1.54) is 11.6 Å². The van der Waals surface area contributed by atoms with Crippen molar-refractivity contribution in [1.82, 2.24) is 5.48 Å². The molecule has 2 amide bonds. The van der Waals surface area contributed by atoms with E-state index in [0.29, 0.717) is 44.5 Å². The van der Waals surface area contributed by atoms with Gasteiger partial charge in [-0.25, -0.2) is 10.3 Å². The van der Waals surface area contributed by atoms with E-state index in [0.717, 1.165) is 0 Å². The van der Waals surface area contributed by atoms with E-state index in [4.69, 9.17) is 19.4 Å². The summed E-state index contributed by atoms with van der Waals surface area (Å²) >= 11 is 6.71. The smallest absolute Gasteiger partial charge is 0.412 e. The van der Waals surface area contributed by atoms with Crippen molar-refractivity contribution >= 4 is 49.5 Å². The Hall–Kier alpha value is -2.76. The third-order valence-corrected chi connectivity index (χ3v) is 5.96. The minimum absolute atomic E-state index is 0.0406. The Balaban J connectivity index is 1.77. The van der Waals surface area contributed by atoms with Gasteiger partial charge in [0.2, 0.25) is 6.79 Å². The summed E-state index contributed by atoms with van der Waals surface area (Å²) in [6.07, 6.45) is 2.31. The van der Waals surface area contributed by atoms with E-state index in [9.17, 15) is 14.7 Å². The van der Waals surface area contributed by atoms with Crippen LogP contribution in [0, 0.1) is 5.92 Å². The molecule has 2 atom stereocenters. The van der Waals surface area contributed by atoms with E-state index < -0.39 is 18.1 Å². The van der Waals surface area contributed by atoms with Crippen LogP contribution < -0.4 is 20.3 Å². The maximum Gasteiger partial charge on any atom is 0.412 e. The van der Waals surface area contributed by atoms with Gasteiger partial charge < -0.3 is 19.3 Å². The Morgan fingerprint density at radius 2 is 1.97 bits per heavy atom. The number of hydrogen-bond acceptors (Lipinski definition) is 7. The number of amides is 2. The van der Waals surface area contributed by atoms with E-state index in [-0.39, 0.29) is 18.5 Å². The Morgan fingerprint density at radius 3 is 2.73 bits per heavy atom. The summed E-state index contributed by atoms with van der Waals surface area (Å²) in [4.78, 5) is 23.9. The Kier molecular flexibility index (Phi) is 8.59. The molecule has 3 rings (SSSR count). The normalized spacial score (nSPS) is 14.1. The van der Waals surface area contributed by atoms with Crippen LogP contribution in [0.25, 0.3) is 0 Å². The molecule has 1 aliphatic rings. The minimum Gasteiger partial charge on any atom is -0.506 e. The predicted molar refractivity (Wildman–Crippen MR) is 126 cm³/mol. The standard InChI is InChI=1S/C22H22Br2N2O7/c1-12(4-2-3-5-19(27)26-30)21(15-8-13(23)9-16(24)20(15)28)33-22(29)25-14-6-7-17-18(10-14)32-11-31-17/h3,5-10,12,21,28,30H,2,4,11H2,1H3,(H,25,29)(H,26,27)/b5-3+/t12-,21-/m1/s1. The number of allylic oxidation sites excluding steroid dienone is 1. The van der Waals surface area contributed by atoms with Crippen LogP contribution in [0.5, 0.6) is 17.2 Å². The molecular weight excluding hydrogens is 564 g/mol. The van der Waals surface area contributed by atoms with Crippen molar-refractivity contribution in [1.29, 1.82) is 0 Å². The van der Waals surface area contributed by atoms with Crippen molar-refractivity contribution in [3.05, 3.63) is 57.0 Å². The highest BCUT2D eigenvalue weighted by Crippen LogP contribution is 2.41. The molecule has 0 unspecified atom stereocenters. The van der Waals surface area contributed by atoms with Crippen molar-refractivity contribution in [3.63, 3.8) is 0 Å². The lowest BCUT2D eigenvalue weighted by Crippen LogP contribution is -2.22. The second kappa shape index (κ2) is 11.4. The number of hydrogen-bond donors (Lipinski definition) is 4. The fourth-order valence-corrected chi connectivity index (χ4v) is 4.52. The quantitative estimate of drug-likeness (QED) is 0.185. The van der Waals surface area contributed by atoms with Gasteiger partial charge in [0.25, 0.3) is 5.91 Å². The summed E-state index contributed by atoms with van der Waals surface area (Å²) in [6.45, 7) is 1.99. The molecule has 0 spiro atoms. The molecule has 2 aromatic rings. The molecule has 33 heavy (non-hydrogen) atoms. The van der Waals surface area contributed by atoms with E-state index >= 15 is 0 Å². The molecule has 1 heterocycles. The zero-order chi connectivity index (χ0) is 24.0. The first kappa shape index (κ1) is 24.9. The first-order chi connectivity index (χ1) is 15.8. The number of rotatable bonds is 8. The van der Waals surface area contributed by atoms with Crippen molar-refractivity contribution in [2.24, 2.45) is 5.92 Å². The summed E-state index contributed by atoms with van der Waals surface area (Å²) in [7, 11) is 0. The van der Waals surface area contributed by atoms with E-state index in [2.05, 4.69) is 37.2 Å². The molecule has 0 bridgehead atoms. The molecule has 0 aromatic heterocycles. The van der Waals surface area contributed by atoms with Gasteiger partial charge >= 0.3 is 6.09 Å². The largest absolute Gasteiger partial charge is 0.506 e. The van der Waals surface area contributed by atoms with Crippen molar-refractivity contribution < 1.29 is 34.1 Å². The maximum absolute atomic E-state index is 12.7. The molecule has 1 aliphatic heterocycles. The lowest BCUT2D eigenvalue weighted by atomic mass is 9.92. The first-order valence-corrected chi connectivity index (χ1v) is 11.5. The van der Waals surface area contributed by atoms with Gasteiger partial charge in [-0.1, -0.05) is 28.9 Å². The third kappa shape index (κ3) is 6.62. The molecule has 176 valence electrons. The highest BCUT2D eigenvalue weighted by atomic mass is 79.9. The lowest BCUT2D eigenvalue weighted by Gasteiger charge is -2.26. The number of halogens is 2. The van der Waals surface area contributed by atoms with Gasteiger partial charge in [-0.15, -0.1) is 0 Å². The predicted octanol–water partition coefficient (Wildman–Crippen LogP) is 5.41. The van der Waals surface area contributed by atoms with Crippen LogP contribution in [-0.4, -0.2) is 29.1 Å². The first-order valence-electron chi connectivity index (χ1n) is 9.94. The molecule has 0 aliphatic carbocycles. The van der Waals surface area contributed by atoms with Crippen molar-refractivity contribution in [2.75, 3.05) is 12.1 Å². The van der Waals surface area contributed by atoms with Crippen molar-refractivity contribution in [3.8, 4) is 17.2 Å². The SMILES string of the molecule is C[C@H](CC/C=C/C(=O)NO)[C@@H](OC(=O)Nc1ccc2c(c1)OCO2)c1cc(Br)cc(Br)c1O. The number of carbonyl (C=O) groups excluding carboxylic acids is 2. The molecule has 0 saturated heterocycles. The van der Waals surface area contributed by atoms with Crippen LogP contribution in [0.15, 0.2) is 51.4 Å². The molecule has 0 fully saturated rings. The number of hydroxylamine groups is 1. The van der Waals surface area contributed by atoms with Crippen LogP contribution in [0.3, 0.4) is 0 Å². The zero-order valence-electron chi connectivity index (χ0n) is 17.5. The fourth-order valence-electron chi connectivity index (χ4n) is 3.26. The Bertz CT molecular complexity index is 1060. The number of aromatic hydroxyl groups is 1. The van der Waals surface area contributed by atoms with Crippen LogP contribution in [0.1, 0.15) is 31.4 Å². The monoisotopic (exact) mass is 584 g/mol. The summed E-state index contributed by atoms with van der Waals surface area (Å²) in [5.41, 5.74) is 2.41. The summed E-state index contributed by atoms with van der Waals surface area (Å²) in [6, 6.07) is 8.35. The Morgan fingerprint density at radius 1 is 1.21 bits per heavy atom. The van der Waals surface area contributed by atoms with Crippen molar-refractivity contribution in [2.45, 2.75) is 25.9 Å². The molecule has 11 heteroatoms. The lowest BCUT2D eigenvalue weighted by molar-refractivity contribution is -0.124. The number of anilines is 1. The van der Waals surface area contributed by atoms with Gasteiger partial charge in [-0.2, -0.15) is 0 Å². The number of phenolic OH excluding ortho intramolecular Hbond substituents is 1. The van der Waals surface area contributed by atoms with Gasteiger partial charge in [-0.05, 0) is 59.0 Å². The highest BCUT2D eigenvalue weighted by molar-refractivity contribution is 9.11. The topological polar surface area (TPSA) is 126 Å². The number of phenols is 1. The molecular formula is C22H22Br2N2O7. The maximum atomic E-state index is 12.7. The molecule has 2 aromatic carbocycles. The van der Waals surface area contributed by atoms with Gasteiger partial charge in [0, 0.05) is 27.9 Å². The van der Waals surface area contributed by atoms with Crippen LogP contribution in [0.4, 0.5) is 10.5 Å². The molecule has 0 radical (unpaired) electrons. The van der Waals surface area contributed by atoms with Crippen LogP contribution >= 0.6 is 31.9 Å². The number of nitrogens with one attached hydrogen (secondary N) is 2. The number of ether oxygens (including phenoxy) is 3. The summed E-state index contributed by atoms with van der Waals surface area (Å²) < 4.78 is 17.5. The zero-order valence-corrected chi connectivity index (χ0v) is 20.7. The van der Waals surface area contributed by atoms with Gasteiger partial charge in [0.05, 0.1) is 4.47 Å². The average Bonchev–Trinajstić information content (AvgIpc) is 3.25. The summed E-state index contributed by atoms with van der Waals surface area (Å²) in [5.74, 6) is 0.201.